The van der Waals surface area contributed by atoms with Crippen LogP contribution in [0.2, 0.25) is 10.0 Å². The molecule has 3 rings (SSSR count). The molecule has 0 spiro atoms. The summed E-state index contributed by atoms with van der Waals surface area (Å²) < 4.78 is 27.3. The van der Waals surface area contributed by atoms with Gasteiger partial charge in [-0.3, -0.25) is 4.79 Å². The van der Waals surface area contributed by atoms with E-state index in [0.717, 1.165) is 38.5 Å². The first kappa shape index (κ1) is 22.9. The molecule has 1 amide bonds. The largest absolute Gasteiger partial charge is 0.356 e. The van der Waals surface area contributed by atoms with E-state index in [1.54, 1.807) is 0 Å². The number of hydrogen-bond acceptors (Lipinski definition) is 3. The van der Waals surface area contributed by atoms with E-state index in [-0.39, 0.29) is 21.7 Å². The van der Waals surface area contributed by atoms with Gasteiger partial charge in [0.25, 0.3) is 0 Å². The van der Waals surface area contributed by atoms with Crippen molar-refractivity contribution in [1.29, 1.82) is 0 Å². The van der Waals surface area contributed by atoms with Gasteiger partial charge in [-0.05, 0) is 49.8 Å². The third-order valence-corrected chi connectivity index (χ3v) is 8.74. The molecular formula is C21H30Cl2N2O3S. The van der Waals surface area contributed by atoms with Gasteiger partial charge in [0.2, 0.25) is 15.9 Å². The number of nitrogens with one attached hydrogen (secondary N) is 1. The van der Waals surface area contributed by atoms with Gasteiger partial charge in [-0.15, -0.1) is 0 Å². The van der Waals surface area contributed by atoms with Gasteiger partial charge in [0.05, 0.1) is 5.02 Å². The zero-order chi connectivity index (χ0) is 20.9. The Morgan fingerprint density at radius 3 is 2.24 bits per heavy atom. The van der Waals surface area contributed by atoms with Crippen LogP contribution in [-0.2, 0) is 14.8 Å². The SMILES string of the molecule is O=C(NCC1CCN(S(=O)(=O)c2ccc(Cl)cc2Cl)CC1)C1CCCCCCC1. The minimum atomic E-state index is -3.63. The van der Waals surface area contributed by atoms with Gasteiger partial charge in [-0.25, -0.2) is 8.42 Å². The molecule has 1 N–H and O–H groups in total. The third kappa shape index (κ3) is 6.09. The highest BCUT2D eigenvalue weighted by Crippen LogP contribution is 2.30. The van der Waals surface area contributed by atoms with Crippen LogP contribution in [0.3, 0.4) is 0 Å². The van der Waals surface area contributed by atoms with Crippen LogP contribution in [0.5, 0.6) is 0 Å². The Morgan fingerprint density at radius 1 is 1.00 bits per heavy atom. The lowest BCUT2D eigenvalue weighted by atomic mass is 9.90. The number of piperidine rings is 1. The first-order valence-corrected chi connectivity index (χ1v) is 12.8. The molecule has 2 fully saturated rings. The van der Waals surface area contributed by atoms with Crippen LogP contribution in [0.1, 0.15) is 57.8 Å². The summed E-state index contributed by atoms with van der Waals surface area (Å²) in [6, 6.07) is 4.45. The summed E-state index contributed by atoms with van der Waals surface area (Å²) in [5.74, 6) is 0.623. The fourth-order valence-electron chi connectivity index (χ4n) is 4.28. The number of benzene rings is 1. The Bertz CT molecular complexity index is 800. The second-order valence-corrected chi connectivity index (χ2v) is 11.0. The maximum Gasteiger partial charge on any atom is 0.244 e. The standard InChI is InChI=1S/C21H30Cl2N2O3S/c22-18-8-9-20(19(23)14-18)29(27,28)25-12-10-16(11-13-25)15-24-21(26)17-6-4-2-1-3-5-7-17/h8-9,14,16-17H,1-7,10-13,15H2,(H,24,26). The second kappa shape index (κ2) is 10.5. The Hall–Kier alpha value is -0.820. The molecule has 5 nitrogen and oxygen atoms in total. The summed E-state index contributed by atoms with van der Waals surface area (Å²) in [7, 11) is -3.63. The van der Waals surface area contributed by atoms with Crippen molar-refractivity contribution in [2.24, 2.45) is 11.8 Å². The van der Waals surface area contributed by atoms with Crippen LogP contribution in [0.4, 0.5) is 0 Å². The van der Waals surface area contributed by atoms with Gasteiger partial charge in [-0.2, -0.15) is 4.31 Å². The van der Waals surface area contributed by atoms with Crippen molar-refractivity contribution in [2.75, 3.05) is 19.6 Å². The summed E-state index contributed by atoms with van der Waals surface area (Å²) >= 11 is 12.0. The summed E-state index contributed by atoms with van der Waals surface area (Å²) in [5, 5.41) is 3.68. The molecule has 1 aliphatic carbocycles. The van der Waals surface area contributed by atoms with Crippen molar-refractivity contribution in [1.82, 2.24) is 9.62 Å². The quantitative estimate of drug-likeness (QED) is 0.680. The monoisotopic (exact) mass is 460 g/mol. The molecule has 1 saturated carbocycles. The Kier molecular flexibility index (Phi) is 8.25. The van der Waals surface area contributed by atoms with Gasteiger partial charge < -0.3 is 5.32 Å². The van der Waals surface area contributed by atoms with Crippen LogP contribution in [0.25, 0.3) is 0 Å². The number of amides is 1. The molecule has 0 radical (unpaired) electrons. The van der Waals surface area contributed by atoms with Crippen molar-refractivity contribution in [2.45, 2.75) is 62.7 Å². The number of carbonyl (C=O) groups excluding carboxylic acids is 1. The number of nitrogens with zero attached hydrogens (tertiary/aromatic N) is 1. The molecule has 1 saturated heterocycles. The van der Waals surface area contributed by atoms with E-state index < -0.39 is 10.0 Å². The van der Waals surface area contributed by atoms with Crippen molar-refractivity contribution in [3.05, 3.63) is 28.2 Å². The second-order valence-electron chi connectivity index (χ2n) is 8.21. The van der Waals surface area contributed by atoms with Crippen LogP contribution >= 0.6 is 23.2 Å². The van der Waals surface area contributed by atoms with Crippen molar-refractivity contribution < 1.29 is 13.2 Å². The zero-order valence-electron chi connectivity index (χ0n) is 16.7. The predicted octanol–water partition coefficient (Wildman–Crippen LogP) is 4.87. The van der Waals surface area contributed by atoms with Crippen LogP contribution in [0.15, 0.2) is 23.1 Å². The van der Waals surface area contributed by atoms with E-state index in [1.807, 2.05) is 0 Å². The average Bonchev–Trinajstić information content (AvgIpc) is 2.66. The summed E-state index contributed by atoms with van der Waals surface area (Å²) in [5.41, 5.74) is 0. The molecule has 0 unspecified atom stereocenters. The highest BCUT2D eigenvalue weighted by atomic mass is 35.5. The van der Waals surface area contributed by atoms with Gasteiger partial charge in [0.15, 0.2) is 0 Å². The lowest BCUT2D eigenvalue weighted by Crippen LogP contribution is -2.42. The summed E-state index contributed by atoms with van der Waals surface area (Å²) in [4.78, 5) is 12.6. The van der Waals surface area contributed by atoms with Crippen LogP contribution in [0, 0.1) is 11.8 Å². The minimum Gasteiger partial charge on any atom is -0.356 e. The Labute approximate surface area is 184 Å². The Morgan fingerprint density at radius 2 is 1.62 bits per heavy atom. The lowest BCUT2D eigenvalue weighted by Gasteiger charge is -2.31. The fraction of sp³-hybridized carbons (Fsp3) is 0.667. The topological polar surface area (TPSA) is 66.5 Å². The van der Waals surface area contributed by atoms with E-state index >= 15 is 0 Å². The molecule has 1 aromatic rings. The summed E-state index contributed by atoms with van der Waals surface area (Å²) in [6.45, 7) is 1.50. The van der Waals surface area contributed by atoms with Crippen LogP contribution < -0.4 is 5.32 Å². The van der Waals surface area contributed by atoms with Gasteiger partial charge in [0, 0.05) is 30.6 Å². The van der Waals surface area contributed by atoms with E-state index in [1.165, 1.54) is 41.8 Å². The fourth-order valence-corrected chi connectivity index (χ4v) is 6.50. The number of halogens is 2. The predicted molar refractivity (Wildman–Crippen MR) is 117 cm³/mol. The van der Waals surface area contributed by atoms with E-state index in [0.29, 0.717) is 30.6 Å². The first-order valence-electron chi connectivity index (χ1n) is 10.6. The number of hydrogen-bond donors (Lipinski definition) is 1. The van der Waals surface area contributed by atoms with Crippen LogP contribution in [-0.4, -0.2) is 38.3 Å². The van der Waals surface area contributed by atoms with Crippen molar-refractivity contribution in [3.63, 3.8) is 0 Å². The van der Waals surface area contributed by atoms with Crippen molar-refractivity contribution >= 4 is 39.1 Å². The van der Waals surface area contributed by atoms with E-state index in [9.17, 15) is 13.2 Å². The average molecular weight is 461 g/mol. The van der Waals surface area contributed by atoms with Gasteiger partial charge in [0.1, 0.15) is 4.90 Å². The normalized spacial score (nSPS) is 20.8. The Balaban J connectivity index is 1.49. The molecule has 2 aliphatic rings. The first-order chi connectivity index (χ1) is 13.9. The zero-order valence-corrected chi connectivity index (χ0v) is 19.0. The number of carbonyl (C=O) groups is 1. The highest BCUT2D eigenvalue weighted by molar-refractivity contribution is 7.89. The van der Waals surface area contributed by atoms with Gasteiger partial charge >= 0.3 is 0 Å². The number of sulfonamides is 1. The smallest absolute Gasteiger partial charge is 0.244 e. The molecule has 8 heteroatoms. The highest BCUT2D eigenvalue weighted by Gasteiger charge is 2.31. The molecule has 0 atom stereocenters. The lowest BCUT2D eigenvalue weighted by molar-refractivity contribution is -0.125. The molecule has 0 bridgehead atoms. The summed E-state index contributed by atoms with van der Waals surface area (Å²) in [6.07, 6.45) is 9.47. The molecule has 162 valence electrons. The van der Waals surface area contributed by atoms with E-state index in [2.05, 4.69) is 5.32 Å². The molecule has 0 aromatic heterocycles. The maximum absolute atomic E-state index is 12.9. The molecular weight excluding hydrogens is 431 g/mol. The third-order valence-electron chi connectivity index (χ3n) is 6.13. The van der Waals surface area contributed by atoms with E-state index in [4.69, 9.17) is 23.2 Å². The molecule has 1 aliphatic heterocycles. The van der Waals surface area contributed by atoms with Gasteiger partial charge in [-0.1, -0.05) is 55.3 Å². The molecule has 1 heterocycles. The molecule has 1 aromatic carbocycles. The maximum atomic E-state index is 12.9. The minimum absolute atomic E-state index is 0.0969. The molecule has 29 heavy (non-hydrogen) atoms. The van der Waals surface area contributed by atoms with Crippen molar-refractivity contribution in [3.8, 4) is 0 Å². The number of rotatable bonds is 5.